The smallest absolute Gasteiger partial charge is 0.409 e. The first-order valence-electron chi connectivity index (χ1n) is 17.7. The quantitative estimate of drug-likeness (QED) is 0.0859. The van der Waals surface area contributed by atoms with Crippen LogP contribution in [0.3, 0.4) is 0 Å². The number of carbonyl (C=O) groups is 1. The molecule has 2 aromatic heterocycles. The SMILES string of the molecule is CC(C)c1cc(-c2ncnc3c2oc2cc(CC(C)(C)C)ccc23)[c-]c2cc(C(F)(F)F)ccc12.CCC(CC)C(=O)/C=C(\O)C(CC)CC.[Ir]. The molecule has 0 atom stereocenters. The molecular formula is C42H50F3IrN2O3-. The average molecular weight is 880 g/mol. The fourth-order valence-corrected chi connectivity index (χ4v) is 6.41. The molecule has 0 saturated carbocycles. The molecule has 0 saturated heterocycles. The number of aliphatic hydroxyl groups excluding tert-OH is 1. The number of fused-ring (bicyclic) bond motifs is 4. The van der Waals surface area contributed by atoms with Crippen LogP contribution < -0.4 is 0 Å². The van der Waals surface area contributed by atoms with E-state index in [1.54, 1.807) is 0 Å². The van der Waals surface area contributed by atoms with Crippen molar-refractivity contribution >= 4 is 38.6 Å². The molecule has 2 heterocycles. The fraction of sp³-hybridized carbons (Fsp3) is 0.452. The molecule has 0 aliphatic carbocycles. The van der Waals surface area contributed by atoms with Crippen LogP contribution in [0.25, 0.3) is 44.1 Å². The van der Waals surface area contributed by atoms with Gasteiger partial charge in [-0.2, -0.15) is 13.2 Å². The van der Waals surface area contributed by atoms with Crippen LogP contribution >= 0.6 is 0 Å². The van der Waals surface area contributed by atoms with Crippen LogP contribution in [-0.2, 0) is 37.5 Å². The molecule has 3 aromatic carbocycles. The maximum atomic E-state index is 13.4. The first-order chi connectivity index (χ1) is 23.5. The fourth-order valence-electron chi connectivity index (χ4n) is 6.41. The van der Waals surface area contributed by atoms with E-state index in [9.17, 15) is 23.1 Å². The Morgan fingerprint density at radius 3 is 2.10 bits per heavy atom. The summed E-state index contributed by atoms with van der Waals surface area (Å²) >= 11 is 0. The van der Waals surface area contributed by atoms with Gasteiger partial charge in [-0.05, 0) is 61.1 Å². The molecular weight excluding hydrogens is 830 g/mol. The van der Waals surface area contributed by atoms with Crippen LogP contribution in [0.4, 0.5) is 13.2 Å². The van der Waals surface area contributed by atoms with Crippen molar-refractivity contribution in [2.45, 2.75) is 107 Å². The minimum atomic E-state index is -4.43. The summed E-state index contributed by atoms with van der Waals surface area (Å²) in [6.07, 6.45) is 2.84. The van der Waals surface area contributed by atoms with Gasteiger partial charge in [-0.15, -0.1) is 29.1 Å². The van der Waals surface area contributed by atoms with Gasteiger partial charge in [0.1, 0.15) is 23.0 Å². The van der Waals surface area contributed by atoms with Crippen molar-refractivity contribution in [2.24, 2.45) is 17.3 Å². The van der Waals surface area contributed by atoms with E-state index in [1.165, 1.54) is 18.5 Å². The number of nitrogens with zero attached hydrogens (tertiary/aromatic N) is 2. The summed E-state index contributed by atoms with van der Waals surface area (Å²) in [7, 11) is 0. The van der Waals surface area contributed by atoms with Gasteiger partial charge in [0.2, 0.25) is 0 Å². The van der Waals surface area contributed by atoms with Crippen molar-refractivity contribution in [3.63, 3.8) is 0 Å². The number of aromatic nitrogens is 2. The van der Waals surface area contributed by atoms with Gasteiger partial charge < -0.3 is 9.52 Å². The number of hydrogen-bond acceptors (Lipinski definition) is 5. The standard InChI is InChI=1S/C29H26F3N2O.C13H24O2.Ir/c1-16(2)23-13-19(11-18-12-20(29(30,31)32)7-9-21(18)23)25-27-26(34-15-33-25)22-8-6-17(10-24(22)35-27)14-28(3,4)5;1-5-10(6-2)12(14)9-13(15)11(7-3)8-4;/h6-10,12-13,15-16H,14H2,1-5H3;9-11,14H,5-8H2,1-4H3;/q-1;;/b;12-9-;. The summed E-state index contributed by atoms with van der Waals surface area (Å²) in [5.74, 6) is 0.640. The first kappa shape index (κ1) is 41.9. The molecule has 0 aliphatic rings. The summed E-state index contributed by atoms with van der Waals surface area (Å²) in [5.41, 5.74) is 4.53. The van der Waals surface area contributed by atoms with Gasteiger partial charge in [-0.1, -0.05) is 91.5 Å². The van der Waals surface area contributed by atoms with E-state index in [4.69, 9.17) is 4.42 Å². The third-order valence-electron chi connectivity index (χ3n) is 9.24. The van der Waals surface area contributed by atoms with Crippen LogP contribution in [0.2, 0.25) is 0 Å². The van der Waals surface area contributed by atoms with Gasteiger partial charge in [0.05, 0.1) is 11.5 Å². The minimum absolute atomic E-state index is 0. The molecule has 5 aromatic rings. The molecule has 0 spiro atoms. The maximum absolute atomic E-state index is 13.4. The van der Waals surface area contributed by atoms with E-state index < -0.39 is 11.7 Å². The van der Waals surface area contributed by atoms with E-state index in [2.05, 4.69) is 42.9 Å². The number of allylic oxidation sites excluding steroid dienone is 2. The Bertz CT molecular complexity index is 1980. The van der Waals surface area contributed by atoms with Crippen LogP contribution in [0, 0.1) is 23.3 Å². The molecule has 0 aliphatic heterocycles. The molecule has 0 bridgehead atoms. The first-order valence-corrected chi connectivity index (χ1v) is 17.7. The Hall–Kier alpha value is -3.55. The zero-order valence-electron chi connectivity index (χ0n) is 31.1. The van der Waals surface area contributed by atoms with Gasteiger partial charge in [-0.3, -0.25) is 9.78 Å². The third kappa shape index (κ3) is 10.1. The number of carbonyl (C=O) groups excluding carboxylic acids is 1. The van der Waals surface area contributed by atoms with Gasteiger partial charge >= 0.3 is 6.18 Å². The average Bonchev–Trinajstić information content (AvgIpc) is 3.42. The van der Waals surface area contributed by atoms with Crippen molar-refractivity contribution in [1.29, 1.82) is 0 Å². The number of hydrogen-bond donors (Lipinski definition) is 1. The van der Waals surface area contributed by atoms with Crippen LogP contribution in [0.5, 0.6) is 0 Å². The van der Waals surface area contributed by atoms with Crippen molar-refractivity contribution < 1.29 is 47.6 Å². The molecule has 51 heavy (non-hydrogen) atoms. The summed E-state index contributed by atoms with van der Waals surface area (Å²) in [6, 6.07) is 15.1. The maximum Gasteiger partial charge on any atom is 0.409 e. The van der Waals surface area contributed by atoms with E-state index in [1.807, 2.05) is 59.7 Å². The van der Waals surface area contributed by atoms with Crippen molar-refractivity contribution in [3.8, 4) is 11.3 Å². The second-order valence-electron chi connectivity index (χ2n) is 14.6. The summed E-state index contributed by atoms with van der Waals surface area (Å²) < 4.78 is 46.5. The van der Waals surface area contributed by atoms with Crippen LogP contribution in [0.1, 0.15) is 111 Å². The predicted molar refractivity (Wildman–Crippen MR) is 197 cm³/mol. The normalized spacial score (nSPS) is 12.6. The van der Waals surface area contributed by atoms with Gasteiger partial charge in [0, 0.05) is 49.0 Å². The Labute approximate surface area is 313 Å². The Balaban J connectivity index is 0.000000374. The van der Waals surface area contributed by atoms with E-state index in [-0.39, 0.29) is 54.8 Å². The molecule has 9 heteroatoms. The number of alkyl halides is 3. The monoisotopic (exact) mass is 880 g/mol. The molecule has 1 N–H and O–H groups in total. The zero-order valence-corrected chi connectivity index (χ0v) is 33.5. The van der Waals surface area contributed by atoms with E-state index in [0.717, 1.165) is 66.1 Å². The molecule has 5 nitrogen and oxygen atoms in total. The summed E-state index contributed by atoms with van der Waals surface area (Å²) in [5, 5.41) is 11.8. The molecule has 277 valence electrons. The molecule has 5 rings (SSSR count). The number of aliphatic hydroxyl groups is 1. The van der Waals surface area contributed by atoms with Crippen LogP contribution in [-0.4, -0.2) is 20.9 Å². The Morgan fingerprint density at radius 2 is 1.53 bits per heavy atom. The van der Waals surface area contributed by atoms with Gasteiger partial charge in [0.25, 0.3) is 0 Å². The van der Waals surface area contributed by atoms with E-state index in [0.29, 0.717) is 33.3 Å². The topological polar surface area (TPSA) is 76.2 Å². The number of rotatable bonds is 10. The zero-order chi connectivity index (χ0) is 37.0. The number of ketones is 1. The van der Waals surface area contributed by atoms with Crippen molar-refractivity contribution in [3.05, 3.63) is 83.4 Å². The van der Waals surface area contributed by atoms with Gasteiger partial charge in [0.15, 0.2) is 5.78 Å². The Morgan fingerprint density at radius 1 is 0.902 bits per heavy atom. The molecule has 0 unspecified atom stereocenters. The Kier molecular flexibility index (Phi) is 14.2. The van der Waals surface area contributed by atoms with Crippen molar-refractivity contribution in [2.75, 3.05) is 0 Å². The third-order valence-corrected chi connectivity index (χ3v) is 9.24. The number of benzene rings is 3. The minimum Gasteiger partial charge on any atom is -0.512 e. The summed E-state index contributed by atoms with van der Waals surface area (Å²) in [6.45, 7) is 18.7. The van der Waals surface area contributed by atoms with E-state index >= 15 is 0 Å². The molecule has 0 fully saturated rings. The van der Waals surface area contributed by atoms with Gasteiger partial charge in [-0.25, -0.2) is 4.98 Å². The van der Waals surface area contributed by atoms with Crippen LogP contribution in [0.15, 0.2) is 65.0 Å². The second kappa shape index (κ2) is 17.3. The summed E-state index contributed by atoms with van der Waals surface area (Å²) in [4.78, 5) is 20.6. The molecule has 0 amide bonds. The van der Waals surface area contributed by atoms with Crippen molar-refractivity contribution in [1.82, 2.24) is 9.97 Å². The molecule has 1 radical (unpaired) electrons. The number of furan rings is 1. The second-order valence-corrected chi connectivity index (χ2v) is 14.6. The predicted octanol–water partition coefficient (Wildman–Crippen LogP) is 12.6. The number of halogens is 3. The largest absolute Gasteiger partial charge is 0.512 e.